The summed E-state index contributed by atoms with van der Waals surface area (Å²) in [6, 6.07) is 0.490. The molecule has 0 radical (unpaired) electrons. The normalized spacial score (nSPS) is 42.1. The zero-order valence-corrected chi connectivity index (χ0v) is 18.1. The van der Waals surface area contributed by atoms with Crippen LogP contribution in [-0.4, -0.2) is 78.9 Å². The molecule has 29 heavy (non-hydrogen) atoms. The molecule has 5 N–H and O–H groups in total. The van der Waals surface area contributed by atoms with E-state index in [9.17, 15) is 10.3 Å². The average Bonchev–Trinajstić information content (AvgIpc) is 3.16. The number of quaternary nitrogens is 1. The van der Waals surface area contributed by atoms with Gasteiger partial charge in [0.25, 0.3) is 0 Å². The van der Waals surface area contributed by atoms with Gasteiger partial charge in [-0.1, -0.05) is 13.3 Å². The number of fused-ring (bicyclic) bond motifs is 1. The third-order valence-corrected chi connectivity index (χ3v) is 7.71. The van der Waals surface area contributed by atoms with Crippen LogP contribution < -0.4 is 21.1 Å². The van der Waals surface area contributed by atoms with Gasteiger partial charge < -0.3 is 20.7 Å². The van der Waals surface area contributed by atoms with Gasteiger partial charge in [0.1, 0.15) is 0 Å². The smallest absolute Gasteiger partial charge is 0.0809 e. The van der Waals surface area contributed by atoms with E-state index in [0.717, 1.165) is 58.4 Å². The highest BCUT2D eigenvalue weighted by atomic mass is 16.5. The largest absolute Gasteiger partial charge is 0.634 e. The molecule has 0 aromatic carbocycles. The highest BCUT2D eigenvalue weighted by molar-refractivity contribution is 4.96. The third kappa shape index (κ3) is 5.13. The number of aliphatic hydroxyl groups is 1. The molecule has 4 fully saturated rings. The SMILES string of the molecule is CCC1CNN2C(NCC3CCC[NH+]([O-])C3)CC(N3CCCC[C@H]3CCO)NC12. The number of hydrogen-bond acceptors (Lipinski definition) is 7. The molecule has 0 amide bonds. The minimum absolute atomic E-state index is 0.278. The molecule has 168 valence electrons. The zero-order chi connectivity index (χ0) is 20.2. The van der Waals surface area contributed by atoms with Crippen molar-refractivity contribution in [3.8, 4) is 0 Å². The molecule has 0 saturated carbocycles. The summed E-state index contributed by atoms with van der Waals surface area (Å²) in [6.07, 6.45) is 10.0. The number of aliphatic hydroxyl groups excluding tert-OH is 1. The summed E-state index contributed by atoms with van der Waals surface area (Å²) in [4.78, 5) is 2.64. The quantitative estimate of drug-likeness (QED) is 0.359. The second kappa shape index (κ2) is 10.3. The van der Waals surface area contributed by atoms with Crippen LogP contribution in [0.2, 0.25) is 0 Å². The van der Waals surface area contributed by atoms with Crippen LogP contribution in [0.5, 0.6) is 0 Å². The van der Waals surface area contributed by atoms with E-state index in [-0.39, 0.29) is 12.8 Å². The summed E-state index contributed by atoms with van der Waals surface area (Å²) in [5.74, 6) is 1.10. The monoisotopic (exact) mass is 410 g/mol. The molecule has 4 rings (SSSR count). The molecule has 4 aliphatic heterocycles. The van der Waals surface area contributed by atoms with Gasteiger partial charge in [0, 0.05) is 44.0 Å². The van der Waals surface area contributed by atoms with Crippen molar-refractivity contribution in [3.05, 3.63) is 5.21 Å². The number of hydroxylamine groups is 2. The molecule has 0 bridgehead atoms. The van der Waals surface area contributed by atoms with Crippen LogP contribution >= 0.6 is 0 Å². The van der Waals surface area contributed by atoms with Crippen LogP contribution in [0.3, 0.4) is 0 Å². The summed E-state index contributed by atoms with van der Waals surface area (Å²) in [5, 5.41) is 32.1. The number of nitrogens with one attached hydrogen (secondary N) is 4. The summed E-state index contributed by atoms with van der Waals surface area (Å²) in [7, 11) is 0. The third-order valence-electron chi connectivity index (χ3n) is 7.71. The highest BCUT2D eigenvalue weighted by Crippen LogP contribution is 2.30. The van der Waals surface area contributed by atoms with Gasteiger partial charge in [-0.05, 0) is 45.1 Å². The zero-order valence-electron chi connectivity index (χ0n) is 18.1. The van der Waals surface area contributed by atoms with E-state index >= 15 is 0 Å². The predicted molar refractivity (Wildman–Crippen MR) is 114 cm³/mol. The number of piperidine rings is 2. The van der Waals surface area contributed by atoms with Gasteiger partial charge in [-0.2, -0.15) is 0 Å². The molecule has 4 heterocycles. The van der Waals surface area contributed by atoms with E-state index in [1.807, 2.05) is 0 Å². The summed E-state index contributed by atoms with van der Waals surface area (Å²) >= 11 is 0. The van der Waals surface area contributed by atoms with Crippen LogP contribution in [0.1, 0.15) is 58.3 Å². The maximum absolute atomic E-state index is 11.9. The number of nitrogens with zero attached hydrogens (tertiary/aromatic N) is 2. The van der Waals surface area contributed by atoms with Crippen molar-refractivity contribution < 1.29 is 10.2 Å². The van der Waals surface area contributed by atoms with Gasteiger partial charge in [0.05, 0.1) is 31.6 Å². The van der Waals surface area contributed by atoms with Crippen LogP contribution in [0, 0.1) is 17.0 Å². The van der Waals surface area contributed by atoms with Crippen molar-refractivity contribution in [2.45, 2.75) is 82.8 Å². The fourth-order valence-corrected chi connectivity index (χ4v) is 6.03. The van der Waals surface area contributed by atoms with E-state index in [0.29, 0.717) is 35.3 Å². The van der Waals surface area contributed by atoms with Crippen molar-refractivity contribution in [2.75, 3.05) is 39.3 Å². The van der Waals surface area contributed by atoms with Crippen LogP contribution in [-0.2, 0) is 0 Å². The second-order valence-corrected chi connectivity index (χ2v) is 9.63. The molecular formula is C21H42N6O2. The number of hydrazine groups is 1. The average molecular weight is 411 g/mol. The van der Waals surface area contributed by atoms with Gasteiger partial charge in [0.15, 0.2) is 0 Å². The van der Waals surface area contributed by atoms with Gasteiger partial charge in [-0.15, -0.1) is 0 Å². The first-order valence-electron chi connectivity index (χ1n) is 12.1. The van der Waals surface area contributed by atoms with Crippen molar-refractivity contribution in [1.29, 1.82) is 0 Å². The maximum atomic E-state index is 11.9. The van der Waals surface area contributed by atoms with Gasteiger partial charge in [0.2, 0.25) is 0 Å². The number of likely N-dealkylation sites (tertiary alicyclic amines) is 1. The van der Waals surface area contributed by atoms with Crippen LogP contribution in [0.25, 0.3) is 0 Å². The lowest BCUT2D eigenvalue weighted by Gasteiger charge is -2.50. The molecule has 0 aromatic heterocycles. The van der Waals surface area contributed by atoms with E-state index in [2.05, 4.69) is 32.9 Å². The van der Waals surface area contributed by atoms with E-state index in [4.69, 9.17) is 0 Å². The maximum Gasteiger partial charge on any atom is 0.0809 e. The fraction of sp³-hybridized carbons (Fsp3) is 1.00. The molecule has 4 saturated heterocycles. The molecule has 8 heteroatoms. The van der Waals surface area contributed by atoms with Gasteiger partial charge in [-0.3, -0.25) is 15.6 Å². The van der Waals surface area contributed by atoms with Gasteiger partial charge in [-0.25, -0.2) is 5.01 Å². The van der Waals surface area contributed by atoms with Crippen LogP contribution in [0.15, 0.2) is 0 Å². The lowest BCUT2D eigenvalue weighted by atomic mass is 9.95. The first-order valence-corrected chi connectivity index (χ1v) is 12.1. The van der Waals surface area contributed by atoms with Crippen molar-refractivity contribution >= 4 is 0 Å². The fourth-order valence-electron chi connectivity index (χ4n) is 6.03. The lowest BCUT2D eigenvalue weighted by molar-refractivity contribution is -0.857. The Morgan fingerprint density at radius 3 is 2.93 bits per heavy atom. The van der Waals surface area contributed by atoms with E-state index < -0.39 is 0 Å². The van der Waals surface area contributed by atoms with Crippen molar-refractivity contribution in [3.63, 3.8) is 0 Å². The molecule has 7 atom stereocenters. The molecule has 0 aromatic rings. The highest BCUT2D eigenvalue weighted by Gasteiger charge is 2.45. The van der Waals surface area contributed by atoms with E-state index in [1.165, 1.54) is 25.7 Å². The standard InChI is InChI=1S/C21H42N6O2/c1-2-17-14-23-27-19(22-13-16-6-5-9-25(29)15-16)12-20(24-21(17)27)26-10-4-3-7-18(26)8-11-28/h16-25,28H,2-15H2,1H3/t16?,17?,18-,19?,20?,21?/m0/s1. The Bertz CT molecular complexity index is 510. The molecule has 6 unspecified atom stereocenters. The van der Waals surface area contributed by atoms with Crippen molar-refractivity contribution in [2.24, 2.45) is 11.8 Å². The first kappa shape index (κ1) is 21.9. The minimum Gasteiger partial charge on any atom is -0.634 e. The Morgan fingerprint density at radius 1 is 1.24 bits per heavy atom. The minimum atomic E-state index is 0.278. The Hall–Kier alpha value is -0.320. The van der Waals surface area contributed by atoms with Crippen LogP contribution in [0.4, 0.5) is 0 Å². The summed E-state index contributed by atoms with van der Waals surface area (Å²) < 4.78 is 0. The van der Waals surface area contributed by atoms with E-state index in [1.54, 1.807) is 0 Å². The van der Waals surface area contributed by atoms with Gasteiger partial charge >= 0.3 is 0 Å². The summed E-state index contributed by atoms with van der Waals surface area (Å²) in [5.41, 5.74) is 3.65. The second-order valence-electron chi connectivity index (χ2n) is 9.63. The Morgan fingerprint density at radius 2 is 2.14 bits per heavy atom. The molecule has 0 aliphatic carbocycles. The Labute approximate surface area is 175 Å². The summed E-state index contributed by atoms with van der Waals surface area (Å²) in [6.45, 7) is 7.18. The Balaban J connectivity index is 1.43. The number of hydrogen-bond donors (Lipinski definition) is 5. The van der Waals surface area contributed by atoms with Crippen molar-refractivity contribution in [1.82, 2.24) is 26.0 Å². The Kier molecular flexibility index (Phi) is 7.80. The lowest BCUT2D eigenvalue weighted by Crippen LogP contribution is -3.09. The molecule has 8 nitrogen and oxygen atoms in total. The molecule has 0 spiro atoms. The first-order chi connectivity index (χ1) is 14.2. The number of rotatable bonds is 7. The molecular weight excluding hydrogens is 368 g/mol. The predicted octanol–water partition coefficient (Wildman–Crippen LogP) is -0.576. The topological polar surface area (TPSA) is 90.3 Å². The molecule has 4 aliphatic rings.